The molecular formula is C14H24N2O. The SMILES string of the molecule is CCC1CCC(O)C(n2nc(C)c(C)c2C)C1. The molecule has 3 nitrogen and oxygen atoms in total. The number of nitrogens with zero attached hydrogens (tertiary/aromatic N) is 2. The van der Waals surface area contributed by atoms with Crippen LogP contribution in [0.1, 0.15) is 55.6 Å². The maximum Gasteiger partial charge on any atom is 0.0784 e. The Bertz CT molecular complexity index is 397. The van der Waals surface area contributed by atoms with E-state index in [4.69, 9.17) is 0 Å². The van der Waals surface area contributed by atoms with Gasteiger partial charge < -0.3 is 5.11 Å². The second-order valence-electron chi connectivity index (χ2n) is 5.46. The summed E-state index contributed by atoms with van der Waals surface area (Å²) in [5.41, 5.74) is 3.56. The van der Waals surface area contributed by atoms with Crippen molar-refractivity contribution in [3.05, 3.63) is 17.0 Å². The van der Waals surface area contributed by atoms with E-state index in [-0.39, 0.29) is 12.1 Å². The standard InChI is InChI=1S/C14H24N2O/c1-5-12-6-7-14(17)13(8-12)16-11(4)9(2)10(3)15-16/h12-14,17H,5-8H2,1-4H3. The van der Waals surface area contributed by atoms with Crippen LogP contribution in [0.5, 0.6) is 0 Å². The van der Waals surface area contributed by atoms with Crippen LogP contribution in [0.15, 0.2) is 0 Å². The van der Waals surface area contributed by atoms with Crippen LogP contribution in [0.2, 0.25) is 0 Å². The number of hydrogen-bond acceptors (Lipinski definition) is 2. The molecule has 3 unspecified atom stereocenters. The van der Waals surface area contributed by atoms with Crippen molar-refractivity contribution in [2.75, 3.05) is 0 Å². The summed E-state index contributed by atoms with van der Waals surface area (Å²) in [6.07, 6.45) is 4.13. The van der Waals surface area contributed by atoms with Gasteiger partial charge >= 0.3 is 0 Å². The smallest absolute Gasteiger partial charge is 0.0784 e. The molecule has 1 N–H and O–H groups in total. The maximum atomic E-state index is 10.2. The van der Waals surface area contributed by atoms with Gasteiger partial charge in [-0.05, 0) is 51.5 Å². The van der Waals surface area contributed by atoms with Crippen LogP contribution in [0.25, 0.3) is 0 Å². The second kappa shape index (κ2) is 4.81. The van der Waals surface area contributed by atoms with Crippen LogP contribution < -0.4 is 0 Å². The van der Waals surface area contributed by atoms with Crippen molar-refractivity contribution in [3.63, 3.8) is 0 Å². The van der Waals surface area contributed by atoms with Crippen LogP contribution in [-0.4, -0.2) is 21.0 Å². The largest absolute Gasteiger partial charge is 0.391 e. The highest BCUT2D eigenvalue weighted by molar-refractivity contribution is 5.23. The Morgan fingerprint density at radius 1 is 1.29 bits per heavy atom. The Morgan fingerprint density at radius 3 is 2.53 bits per heavy atom. The van der Waals surface area contributed by atoms with Crippen LogP contribution in [0, 0.1) is 26.7 Å². The fraction of sp³-hybridized carbons (Fsp3) is 0.786. The van der Waals surface area contributed by atoms with Gasteiger partial charge in [0.1, 0.15) is 0 Å². The van der Waals surface area contributed by atoms with E-state index in [9.17, 15) is 5.11 Å². The molecule has 1 aromatic heterocycles. The van der Waals surface area contributed by atoms with Gasteiger partial charge in [-0.3, -0.25) is 4.68 Å². The average Bonchev–Trinajstić information content (AvgIpc) is 2.58. The first-order valence-corrected chi connectivity index (χ1v) is 6.75. The van der Waals surface area contributed by atoms with Gasteiger partial charge in [-0.25, -0.2) is 0 Å². The van der Waals surface area contributed by atoms with Gasteiger partial charge in [-0.15, -0.1) is 0 Å². The molecule has 3 heteroatoms. The maximum absolute atomic E-state index is 10.2. The Balaban J connectivity index is 2.27. The minimum Gasteiger partial charge on any atom is -0.391 e. The van der Waals surface area contributed by atoms with Crippen LogP contribution >= 0.6 is 0 Å². The summed E-state index contributed by atoms with van der Waals surface area (Å²) in [5.74, 6) is 0.743. The summed E-state index contributed by atoms with van der Waals surface area (Å²) in [6, 6.07) is 0.182. The first-order chi connectivity index (χ1) is 8.04. The van der Waals surface area contributed by atoms with E-state index in [0.29, 0.717) is 0 Å². The number of aryl methyl sites for hydroxylation is 1. The number of rotatable bonds is 2. The number of aliphatic hydroxyl groups is 1. The quantitative estimate of drug-likeness (QED) is 0.857. The van der Waals surface area contributed by atoms with E-state index in [2.05, 4.69) is 30.6 Å². The Morgan fingerprint density at radius 2 is 2.00 bits per heavy atom. The van der Waals surface area contributed by atoms with Crippen molar-refractivity contribution >= 4 is 0 Å². The van der Waals surface area contributed by atoms with Crippen molar-refractivity contribution in [1.29, 1.82) is 0 Å². The molecule has 0 aliphatic heterocycles. The van der Waals surface area contributed by atoms with E-state index in [1.165, 1.54) is 17.7 Å². The third-order valence-corrected chi connectivity index (χ3v) is 4.47. The van der Waals surface area contributed by atoms with Crippen molar-refractivity contribution in [2.24, 2.45) is 5.92 Å². The first kappa shape index (κ1) is 12.6. The summed E-state index contributed by atoms with van der Waals surface area (Å²) in [7, 11) is 0. The Hall–Kier alpha value is -0.830. The topological polar surface area (TPSA) is 38.0 Å². The monoisotopic (exact) mass is 236 g/mol. The molecule has 3 atom stereocenters. The highest BCUT2D eigenvalue weighted by Crippen LogP contribution is 2.35. The molecular weight excluding hydrogens is 212 g/mol. The molecule has 0 spiro atoms. The molecule has 1 heterocycles. The highest BCUT2D eigenvalue weighted by atomic mass is 16.3. The summed E-state index contributed by atoms with van der Waals surface area (Å²) >= 11 is 0. The lowest BCUT2D eigenvalue weighted by Crippen LogP contribution is -2.32. The summed E-state index contributed by atoms with van der Waals surface area (Å²) < 4.78 is 2.07. The molecule has 0 saturated heterocycles. The van der Waals surface area contributed by atoms with Gasteiger partial charge in [0.25, 0.3) is 0 Å². The molecule has 1 aliphatic rings. The molecule has 1 aromatic rings. The van der Waals surface area contributed by atoms with E-state index in [1.807, 2.05) is 6.92 Å². The van der Waals surface area contributed by atoms with Crippen LogP contribution in [0.3, 0.4) is 0 Å². The van der Waals surface area contributed by atoms with Crippen molar-refractivity contribution in [3.8, 4) is 0 Å². The lowest BCUT2D eigenvalue weighted by molar-refractivity contribution is 0.0465. The predicted molar refractivity (Wildman–Crippen MR) is 69.1 cm³/mol. The van der Waals surface area contributed by atoms with Crippen molar-refractivity contribution in [2.45, 2.75) is 65.5 Å². The first-order valence-electron chi connectivity index (χ1n) is 6.75. The normalized spacial score (nSPS) is 29.6. The molecule has 1 fully saturated rings. The fourth-order valence-electron chi connectivity index (χ4n) is 2.92. The molecule has 0 radical (unpaired) electrons. The van der Waals surface area contributed by atoms with Gasteiger partial charge in [0.2, 0.25) is 0 Å². The third-order valence-electron chi connectivity index (χ3n) is 4.47. The molecule has 17 heavy (non-hydrogen) atoms. The number of aliphatic hydroxyl groups excluding tert-OH is 1. The van der Waals surface area contributed by atoms with Crippen LogP contribution in [-0.2, 0) is 0 Å². The minimum absolute atomic E-state index is 0.182. The predicted octanol–water partition coefficient (Wildman–Crippen LogP) is 2.92. The lowest BCUT2D eigenvalue weighted by Gasteiger charge is -2.33. The third kappa shape index (κ3) is 2.25. The molecule has 1 aliphatic carbocycles. The summed E-state index contributed by atoms with van der Waals surface area (Å²) in [6.45, 7) is 8.51. The second-order valence-corrected chi connectivity index (χ2v) is 5.46. The average molecular weight is 236 g/mol. The lowest BCUT2D eigenvalue weighted by atomic mass is 9.82. The van der Waals surface area contributed by atoms with Gasteiger partial charge in [0.05, 0.1) is 17.8 Å². The molecule has 0 amide bonds. The minimum atomic E-state index is -0.227. The van der Waals surface area contributed by atoms with E-state index in [0.717, 1.165) is 30.9 Å². The van der Waals surface area contributed by atoms with E-state index >= 15 is 0 Å². The molecule has 1 saturated carbocycles. The highest BCUT2D eigenvalue weighted by Gasteiger charge is 2.31. The molecule has 0 bridgehead atoms. The van der Waals surface area contributed by atoms with Crippen molar-refractivity contribution < 1.29 is 5.11 Å². The Labute approximate surface area is 104 Å². The number of aromatic nitrogens is 2. The Kier molecular flexibility index (Phi) is 3.57. The molecule has 96 valence electrons. The zero-order chi connectivity index (χ0) is 12.6. The number of hydrogen-bond donors (Lipinski definition) is 1. The zero-order valence-electron chi connectivity index (χ0n) is 11.4. The molecule has 2 rings (SSSR count). The van der Waals surface area contributed by atoms with Gasteiger partial charge in [0, 0.05) is 5.69 Å². The van der Waals surface area contributed by atoms with Gasteiger partial charge in [0.15, 0.2) is 0 Å². The van der Waals surface area contributed by atoms with Crippen LogP contribution in [0.4, 0.5) is 0 Å². The summed E-state index contributed by atoms with van der Waals surface area (Å²) in [4.78, 5) is 0. The fourth-order valence-corrected chi connectivity index (χ4v) is 2.92. The van der Waals surface area contributed by atoms with E-state index in [1.54, 1.807) is 0 Å². The molecule has 0 aromatic carbocycles. The van der Waals surface area contributed by atoms with Gasteiger partial charge in [-0.2, -0.15) is 5.10 Å². The van der Waals surface area contributed by atoms with Crippen molar-refractivity contribution in [1.82, 2.24) is 9.78 Å². The zero-order valence-corrected chi connectivity index (χ0v) is 11.4. The van der Waals surface area contributed by atoms with E-state index < -0.39 is 0 Å². The summed E-state index contributed by atoms with van der Waals surface area (Å²) in [5, 5.41) is 14.8. The van der Waals surface area contributed by atoms with Gasteiger partial charge in [-0.1, -0.05) is 13.3 Å².